The van der Waals surface area contributed by atoms with E-state index in [1.807, 2.05) is 60.7 Å². The number of para-hydroxylation sites is 1. The number of hydrogen-bond acceptors (Lipinski definition) is 1. The topological polar surface area (TPSA) is 29.1 Å². The maximum atomic E-state index is 12.7. The van der Waals surface area contributed by atoms with Crippen molar-refractivity contribution in [3.05, 3.63) is 102 Å². The highest BCUT2D eigenvalue weighted by molar-refractivity contribution is 6.36. The van der Waals surface area contributed by atoms with Gasteiger partial charge in [0, 0.05) is 11.3 Å². The van der Waals surface area contributed by atoms with Gasteiger partial charge >= 0.3 is 0 Å². The highest BCUT2D eigenvalue weighted by atomic mass is 16.2. The molecule has 0 fully saturated rings. The van der Waals surface area contributed by atoms with Gasteiger partial charge in [-0.2, -0.15) is 0 Å². The van der Waals surface area contributed by atoms with E-state index in [0.717, 1.165) is 34.4 Å². The zero-order valence-electron chi connectivity index (χ0n) is 13.2. The van der Waals surface area contributed by atoms with Gasteiger partial charge < -0.3 is 5.32 Å². The monoisotopic (exact) mass is 311 g/mol. The summed E-state index contributed by atoms with van der Waals surface area (Å²) in [6.45, 7) is 0. The van der Waals surface area contributed by atoms with Crippen LogP contribution in [-0.4, -0.2) is 5.91 Å². The van der Waals surface area contributed by atoms with Gasteiger partial charge in [-0.05, 0) is 29.2 Å². The van der Waals surface area contributed by atoms with Crippen LogP contribution in [-0.2, 0) is 11.2 Å². The second kappa shape index (κ2) is 6.17. The van der Waals surface area contributed by atoms with Crippen LogP contribution in [0.25, 0.3) is 11.1 Å². The number of anilines is 1. The maximum Gasteiger partial charge on any atom is 0.256 e. The number of carbonyl (C=O) groups excluding carboxylic acids is 1. The van der Waals surface area contributed by atoms with Crippen molar-refractivity contribution in [2.45, 2.75) is 6.42 Å². The molecule has 0 radical (unpaired) electrons. The Hall–Kier alpha value is -3.13. The summed E-state index contributed by atoms with van der Waals surface area (Å²) in [6.07, 6.45) is 0.724. The average molecular weight is 311 g/mol. The minimum Gasteiger partial charge on any atom is -0.321 e. The van der Waals surface area contributed by atoms with Crippen LogP contribution in [0.1, 0.15) is 16.7 Å². The van der Waals surface area contributed by atoms with E-state index in [0.29, 0.717) is 0 Å². The molecule has 1 aliphatic rings. The molecule has 0 saturated heterocycles. The lowest BCUT2D eigenvalue weighted by molar-refractivity contribution is -0.110. The normalized spacial score (nSPS) is 14.9. The predicted molar refractivity (Wildman–Crippen MR) is 98.5 cm³/mol. The summed E-state index contributed by atoms with van der Waals surface area (Å²) >= 11 is 0. The van der Waals surface area contributed by atoms with Gasteiger partial charge in [-0.25, -0.2) is 0 Å². The van der Waals surface area contributed by atoms with Crippen molar-refractivity contribution in [1.29, 1.82) is 0 Å². The number of hydrogen-bond donors (Lipinski definition) is 1. The van der Waals surface area contributed by atoms with Crippen LogP contribution < -0.4 is 5.32 Å². The number of benzene rings is 3. The summed E-state index contributed by atoms with van der Waals surface area (Å²) in [5.41, 5.74) is 5.99. The summed E-state index contributed by atoms with van der Waals surface area (Å²) in [6, 6.07) is 28.3. The van der Waals surface area contributed by atoms with Crippen molar-refractivity contribution in [1.82, 2.24) is 0 Å². The van der Waals surface area contributed by atoms with E-state index in [2.05, 4.69) is 29.6 Å². The molecule has 0 spiro atoms. The van der Waals surface area contributed by atoms with E-state index in [1.165, 1.54) is 5.56 Å². The number of allylic oxidation sites excluding steroid dienone is 1. The van der Waals surface area contributed by atoms with Crippen molar-refractivity contribution >= 4 is 22.7 Å². The molecule has 1 amide bonds. The van der Waals surface area contributed by atoms with Crippen molar-refractivity contribution in [3.63, 3.8) is 0 Å². The Labute approximate surface area is 141 Å². The Bertz CT molecular complexity index is 911. The first-order chi connectivity index (χ1) is 11.8. The molecule has 4 rings (SSSR count). The van der Waals surface area contributed by atoms with Gasteiger partial charge in [0.1, 0.15) is 0 Å². The van der Waals surface area contributed by atoms with Crippen molar-refractivity contribution in [2.75, 3.05) is 5.32 Å². The summed E-state index contributed by atoms with van der Waals surface area (Å²) in [7, 11) is 0. The number of carbonyl (C=O) groups is 1. The number of amides is 1. The maximum absolute atomic E-state index is 12.7. The SMILES string of the molecule is O=C1Nc2ccccc2C1=C(Cc1ccccc1)c1ccccc1. The van der Waals surface area contributed by atoms with Crippen LogP contribution in [0.4, 0.5) is 5.69 Å². The van der Waals surface area contributed by atoms with Crippen LogP contribution in [0.5, 0.6) is 0 Å². The summed E-state index contributed by atoms with van der Waals surface area (Å²) in [4.78, 5) is 12.7. The third kappa shape index (κ3) is 2.63. The van der Waals surface area contributed by atoms with Crippen LogP contribution >= 0.6 is 0 Å². The van der Waals surface area contributed by atoms with E-state index < -0.39 is 0 Å². The molecule has 0 unspecified atom stereocenters. The molecule has 1 N–H and O–H groups in total. The van der Waals surface area contributed by atoms with Gasteiger partial charge in [0.25, 0.3) is 5.91 Å². The molecule has 3 aromatic rings. The van der Waals surface area contributed by atoms with Crippen LogP contribution in [0.2, 0.25) is 0 Å². The van der Waals surface area contributed by atoms with E-state index in [9.17, 15) is 4.79 Å². The Morgan fingerprint density at radius 3 is 2.12 bits per heavy atom. The fourth-order valence-corrected chi connectivity index (χ4v) is 3.19. The first-order valence-corrected chi connectivity index (χ1v) is 8.06. The summed E-state index contributed by atoms with van der Waals surface area (Å²) in [5.74, 6) is -0.0222. The molecular formula is C22H17NO. The standard InChI is InChI=1S/C22H17NO/c24-22-21(18-13-7-8-14-20(18)23-22)19(17-11-5-2-6-12-17)15-16-9-3-1-4-10-16/h1-14H,15H2,(H,23,24). The van der Waals surface area contributed by atoms with Crippen LogP contribution in [0.15, 0.2) is 84.9 Å². The molecule has 2 nitrogen and oxygen atoms in total. The smallest absolute Gasteiger partial charge is 0.256 e. The fraction of sp³-hybridized carbons (Fsp3) is 0.0455. The Kier molecular flexibility index (Phi) is 3.72. The van der Waals surface area contributed by atoms with Crippen LogP contribution in [0, 0.1) is 0 Å². The Morgan fingerprint density at radius 1 is 0.750 bits per heavy atom. The van der Waals surface area contributed by atoms with Gasteiger partial charge in [-0.3, -0.25) is 4.79 Å². The zero-order valence-corrected chi connectivity index (χ0v) is 13.2. The van der Waals surface area contributed by atoms with Gasteiger partial charge in [0.2, 0.25) is 0 Å². The van der Waals surface area contributed by atoms with E-state index in [-0.39, 0.29) is 5.91 Å². The summed E-state index contributed by atoms with van der Waals surface area (Å²) < 4.78 is 0. The molecule has 2 heteroatoms. The lowest BCUT2D eigenvalue weighted by atomic mass is 9.90. The highest BCUT2D eigenvalue weighted by Gasteiger charge is 2.27. The minimum atomic E-state index is -0.0222. The highest BCUT2D eigenvalue weighted by Crippen LogP contribution is 2.38. The molecule has 0 aliphatic carbocycles. The number of rotatable bonds is 3. The van der Waals surface area contributed by atoms with Gasteiger partial charge in [-0.15, -0.1) is 0 Å². The largest absolute Gasteiger partial charge is 0.321 e. The van der Waals surface area contributed by atoms with Gasteiger partial charge in [0.05, 0.1) is 5.57 Å². The van der Waals surface area contributed by atoms with E-state index in [1.54, 1.807) is 0 Å². The number of fused-ring (bicyclic) bond motifs is 1. The second-order valence-corrected chi connectivity index (χ2v) is 5.88. The van der Waals surface area contributed by atoms with E-state index >= 15 is 0 Å². The molecule has 1 heterocycles. The third-order valence-corrected chi connectivity index (χ3v) is 4.32. The average Bonchev–Trinajstić information content (AvgIpc) is 2.97. The lowest BCUT2D eigenvalue weighted by Gasteiger charge is -2.12. The molecule has 1 aliphatic heterocycles. The molecular weight excluding hydrogens is 294 g/mol. The zero-order chi connectivity index (χ0) is 16.4. The molecule has 0 atom stereocenters. The third-order valence-electron chi connectivity index (χ3n) is 4.32. The molecule has 0 bridgehead atoms. The van der Waals surface area contributed by atoms with E-state index in [4.69, 9.17) is 0 Å². The predicted octanol–water partition coefficient (Wildman–Crippen LogP) is 4.79. The molecule has 116 valence electrons. The Balaban J connectivity index is 1.91. The number of nitrogens with one attached hydrogen (secondary N) is 1. The molecule has 24 heavy (non-hydrogen) atoms. The van der Waals surface area contributed by atoms with Gasteiger partial charge in [0.15, 0.2) is 0 Å². The fourth-order valence-electron chi connectivity index (χ4n) is 3.19. The van der Waals surface area contributed by atoms with Crippen molar-refractivity contribution in [3.8, 4) is 0 Å². The lowest BCUT2D eigenvalue weighted by Crippen LogP contribution is -2.07. The molecule has 3 aromatic carbocycles. The first kappa shape index (κ1) is 14.5. The van der Waals surface area contributed by atoms with Gasteiger partial charge in [-0.1, -0.05) is 78.9 Å². The van der Waals surface area contributed by atoms with Crippen molar-refractivity contribution < 1.29 is 4.79 Å². The van der Waals surface area contributed by atoms with Crippen LogP contribution in [0.3, 0.4) is 0 Å². The summed E-state index contributed by atoms with van der Waals surface area (Å²) in [5, 5.41) is 2.99. The molecule has 0 aromatic heterocycles. The van der Waals surface area contributed by atoms with Crippen molar-refractivity contribution in [2.24, 2.45) is 0 Å². The quantitative estimate of drug-likeness (QED) is 0.692. The molecule has 0 saturated carbocycles. The Morgan fingerprint density at radius 2 is 1.38 bits per heavy atom. The minimum absolute atomic E-state index is 0.0222. The first-order valence-electron chi connectivity index (χ1n) is 8.06. The second-order valence-electron chi connectivity index (χ2n) is 5.88.